The molecule has 2 aliphatic heterocycles. The van der Waals surface area contributed by atoms with Gasteiger partial charge in [-0.15, -0.1) is 0 Å². The zero-order chi connectivity index (χ0) is 17.1. The highest BCUT2D eigenvalue weighted by Gasteiger charge is 2.30. The molecule has 0 radical (unpaired) electrons. The van der Waals surface area contributed by atoms with E-state index in [1.165, 1.54) is 12.5 Å². The summed E-state index contributed by atoms with van der Waals surface area (Å²) in [5.74, 6) is 1.12. The highest BCUT2D eigenvalue weighted by atomic mass is 19.1. The Morgan fingerprint density at radius 3 is 2.75 bits per heavy atom. The van der Waals surface area contributed by atoms with Crippen LogP contribution in [0.1, 0.15) is 31.9 Å². The van der Waals surface area contributed by atoms with E-state index in [1.807, 2.05) is 11.0 Å². The molecule has 0 aliphatic carbocycles. The fraction of sp³-hybridized carbons (Fsp3) is 0.632. The lowest BCUT2D eigenvalue weighted by molar-refractivity contribution is -0.136. The highest BCUT2D eigenvalue weighted by Crippen LogP contribution is 2.25. The molecule has 1 N–H and O–H groups in total. The molecule has 24 heavy (non-hydrogen) atoms. The Kier molecular flexibility index (Phi) is 5.51. The van der Waals surface area contributed by atoms with Gasteiger partial charge in [-0.05, 0) is 36.0 Å². The first-order valence-corrected chi connectivity index (χ1v) is 9.01. The van der Waals surface area contributed by atoms with E-state index in [9.17, 15) is 9.18 Å². The van der Waals surface area contributed by atoms with Crippen LogP contribution in [0.2, 0.25) is 0 Å². The molecule has 2 saturated heterocycles. The first kappa shape index (κ1) is 17.4. The molecule has 1 aromatic carbocycles. The SMILES string of the molecule is CC1CC(C)CN(C(=O)CN2CCNCC2c2cccc(F)c2)C1. The van der Waals surface area contributed by atoms with Crippen LogP contribution in [0.25, 0.3) is 0 Å². The number of likely N-dealkylation sites (tertiary alicyclic amines) is 1. The van der Waals surface area contributed by atoms with Crippen LogP contribution in [-0.4, -0.2) is 55.0 Å². The van der Waals surface area contributed by atoms with Crippen molar-refractivity contribution < 1.29 is 9.18 Å². The summed E-state index contributed by atoms with van der Waals surface area (Å²) in [6, 6.07) is 6.79. The molecule has 1 amide bonds. The second kappa shape index (κ2) is 7.62. The van der Waals surface area contributed by atoms with Gasteiger partial charge in [0.2, 0.25) is 5.91 Å². The predicted molar refractivity (Wildman–Crippen MR) is 93.1 cm³/mol. The molecule has 0 bridgehead atoms. The van der Waals surface area contributed by atoms with Gasteiger partial charge < -0.3 is 10.2 Å². The minimum Gasteiger partial charge on any atom is -0.341 e. The van der Waals surface area contributed by atoms with Crippen molar-refractivity contribution in [2.45, 2.75) is 26.3 Å². The van der Waals surface area contributed by atoms with Crippen LogP contribution >= 0.6 is 0 Å². The van der Waals surface area contributed by atoms with Crippen molar-refractivity contribution in [2.75, 3.05) is 39.3 Å². The normalized spacial score (nSPS) is 28.8. The maximum Gasteiger partial charge on any atom is 0.236 e. The molecule has 132 valence electrons. The molecule has 0 saturated carbocycles. The lowest BCUT2D eigenvalue weighted by Gasteiger charge is -2.39. The third-order valence-electron chi connectivity index (χ3n) is 5.15. The lowest BCUT2D eigenvalue weighted by atomic mass is 9.92. The smallest absolute Gasteiger partial charge is 0.236 e. The third kappa shape index (κ3) is 4.14. The minimum atomic E-state index is -0.219. The number of nitrogens with one attached hydrogen (secondary N) is 1. The number of piperazine rings is 1. The van der Waals surface area contributed by atoms with Gasteiger partial charge in [-0.3, -0.25) is 9.69 Å². The summed E-state index contributed by atoms with van der Waals surface area (Å²) in [5.41, 5.74) is 0.940. The molecule has 0 spiro atoms. The second-order valence-corrected chi connectivity index (χ2v) is 7.49. The number of hydrogen-bond acceptors (Lipinski definition) is 3. The molecule has 2 aliphatic rings. The summed E-state index contributed by atoms with van der Waals surface area (Å²) < 4.78 is 13.6. The fourth-order valence-electron chi connectivity index (χ4n) is 4.12. The van der Waals surface area contributed by atoms with E-state index < -0.39 is 0 Å². The largest absolute Gasteiger partial charge is 0.341 e. The molecular formula is C19H28FN3O. The van der Waals surface area contributed by atoms with Crippen LogP contribution in [0.5, 0.6) is 0 Å². The fourth-order valence-corrected chi connectivity index (χ4v) is 4.12. The summed E-state index contributed by atoms with van der Waals surface area (Å²) >= 11 is 0. The van der Waals surface area contributed by atoms with E-state index >= 15 is 0 Å². The molecule has 5 heteroatoms. The number of carbonyl (C=O) groups excluding carboxylic acids is 1. The summed E-state index contributed by atoms with van der Waals surface area (Å²) in [6.45, 7) is 9.01. The zero-order valence-electron chi connectivity index (χ0n) is 14.7. The number of piperidine rings is 1. The third-order valence-corrected chi connectivity index (χ3v) is 5.15. The maximum atomic E-state index is 13.6. The Morgan fingerprint density at radius 2 is 2.04 bits per heavy atom. The molecule has 4 nitrogen and oxygen atoms in total. The van der Waals surface area contributed by atoms with E-state index in [2.05, 4.69) is 24.1 Å². The van der Waals surface area contributed by atoms with Crippen molar-refractivity contribution in [1.29, 1.82) is 0 Å². The quantitative estimate of drug-likeness (QED) is 0.922. The minimum absolute atomic E-state index is 0.0537. The van der Waals surface area contributed by atoms with Crippen molar-refractivity contribution in [2.24, 2.45) is 11.8 Å². The predicted octanol–water partition coefficient (Wildman–Crippen LogP) is 2.28. The topological polar surface area (TPSA) is 35.6 Å². The van der Waals surface area contributed by atoms with Crippen LogP contribution < -0.4 is 5.32 Å². The van der Waals surface area contributed by atoms with E-state index in [-0.39, 0.29) is 17.8 Å². The molecule has 2 fully saturated rings. The number of carbonyl (C=O) groups is 1. The molecule has 3 rings (SSSR count). The molecule has 3 atom stereocenters. The van der Waals surface area contributed by atoms with E-state index in [4.69, 9.17) is 0 Å². The van der Waals surface area contributed by atoms with Crippen molar-refractivity contribution in [3.8, 4) is 0 Å². The van der Waals surface area contributed by atoms with Gasteiger partial charge in [-0.2, -0.15) is 0 Å². The van der Waals surface area contributed by atoms with Gasteiger partial charge in [-0.1, -0.05) is 26.0 Å². The molecule has 2 heterocycles. The van der Waals surface area contributed by atoms with Crippen molar-refractivity contribution in [3.05, 3.63) is 35.6 Å². The average Bonchev–Trinajstić information content (AvgIpc) is 2.54. The van der Waals surface area contributed by atoms with Gasteiger partial charge in [0, 0.05) is 38.8 Å². The van der Waals surface area contributed by atoms with Gasteiger partial charge in [0.05, 0.1) is 6.54 Å². The molecular weight excluding hydrogens is 305 g/mol. The summed E-state index contributed by atoms with van der Waals surface area (Å²) in [6.07, 6.45) is 1.20. The number of halogens is 1. The molecule has 3 unspecified atom stereocenters. The Balaban J connectivity index is 1.68. The van der Waals surface area contributed by atoms with Crippen molar-refractivity contribution >= 4 is 5.91 Å². The van der Waals surface area contributed by atoms with Crippen LogP contribution in [0, 0.1) is 17.7 Å². The Hall–Kier alpha value is -1.46. The van der Waals surface area contributed by atoms with Gasteiger partial charge in [0.15, 0.2) is 0 Å². The lowest BCUT2D eigenvalue weighted by Crippen LogP contribution is -2.52. The van der Waals surface area contributed by atoms with Crippen molar-refractivity contribution in [3.63, 3.8) is 0 Å². The summed E-state index contributed by atoms with van der Waals surface area (Å²) in [5, 5.41) is 3.36. The monoisotopic (exact) mass is 333 g/mol. The van der Waals surface area contributed by atoms with Gasteiger partial charge in [0.25, 0.3) is 0 Å². The Labute approximate surface area is 144 Å². The number of amides is 1. The average molecular weight is 333 g/mol. The molecule has 0 aromatic heterocycles. The van der Waals surface area contributed by atoms with E-state index in [0.29, 0.717) is 18.4 Å². The van der Waals surface area contributed by atoms with Crippen LogP contribution in [-0.2, 0) is 4.79 Å². The van der Waals surface area contributed by atoms with Crippen LogP contribution in [0.3, 0.4) is 0 Å². The second-order valence-electron chi connectivity index (χ2n) is 7.49. The number of nitrogens with zero attached hydrogens (tertiary/aromatic N) is 2. The Bertz CT molecular complexity index is 569. The van der Waals surface area contributed by atoms with Gasteiger partial charge in [-0.25, -0.2) is 4.39 Å². The maximum absolute atomic E-state index is 13.6. The summed E-state index contributed by atoms with van der Waals surface area (Å²) in [4.78, 5) is 17.0. The van der Waals surface area contributed by atoms with E-state index in [0.717, 1.165) is 38.3 Å². The highest BCUT2D eigenvalue weighted by molar-refractivity contribution is 5.78. The van der Waals surface area contributed by atoms with Crippen LogP contribution in [0.15, 0.2) is 24.3 Å². The van der Waals surface area contributed by atoms with Gasteiger partial charge in [0.1, 0.15) is 5.82 Å². The number of hydrogen-bond donors (Lipinski definition) is 1. The van der Waals surface area contributed by atoms with Crippen molar-refractivity contribution in [1.82, 2.24) is 15.1 Å². The summed E-state index contributed by atoms with van der Waals surface area (Å²) in [7, 11) is 0. The van der Waals surface area contributed by atoms with E-state index in [1.54, 1.807) is 12.1 Å². The number of rotatable bonds is 3. The molecule has 1 aromatic rings. The standard InChI is InChI=1S/C19H28FN3O/c1-14-8-15(2)12-23(11-14)19(24)13-22-7-6-21-10-18(22)16-4-3-5-17(20)9-16/h3-5,9,14-15,18,21H,6-8,10-13H2,1-2H3. The zero-order valence-corrected chi connectivity index (χ0v) is 14.7. The number of benzene rings is 1. The first-order chi connectivity index (χ1) is 11.5. The Morgan fingerprint density at radius 1 is 1.29 bits per heavy atom. The van der Waals surface area contributed by atoms with Gasteiger partial charge >= 0.3 is 0 Å². The first-order valence-electron chi connectivity index (χ1n) is 9.01. The van der Waals surface area contributed by atoms with Crippen LogP contribution in [0.4, 0.5) is 4.39 Å².